The van der Waals surface area contributed by atoms with E-state index in [9.17, 15) is 5.11 Å². The molecule has 1 heterocycles. The average Bonchev–Trinajstić information content (AvgIpc) is 2.90. The number of hydrogen-bond acceptors (Lipinski definition) is 4. The number of ether oxygens (including phenoxy) is 2. The zero-order chi connectivity index (χ0) is 13.0. The fraction of sp³-hybridized carbons (Fsp3) is 0.286. The Labute approximate surface area is 106 Å². The lowest BCUT2D eigenvalue weighted by molar-refractivity contribution is 0.170. The number of hydrogen-bond donors (Lipinski definition) is 1. The first kappa shape index (κ1) is 12.5. The van der Waals surface area contributed by atoms with E-state index < -0.39 is 6.10 Å². The van der Waals surface area contributed by atoms with Crippen LogP contribution in [-0.4, -0.2) is 19.3 Å². The van der Waals surface area contributed by atoms with Gasteiger partial charge in [0, 0.05) is 6.42 Å². The van der Waals surface area contributed by atoms with E-state index in [0.717, 1.165) is 11.3 Å². The van der Waals surface area contributed by atoms with Crippen molar-refractivity contribution in [2.24, 2.45) is 0 Å². The highest BCUT2D eigenvalue weighted by Gasteiger charge is 2.13. The first-order valence-corrected chi connectivity index (χ1v) is 5.67. The fourth-order valence-corrected chi connectivity index (χ4v) is 1.80. The summed E-state index contributed by atoms with van der Waals surface area (Å²) >= 11 is 0. The number of methoxy groups -OCH3 is 2. The minimum atomic E-state index is -0.629. The Morgan fingerprint density at radius 2 is 1.94 bits per heavy atom. The SMILES string of the molecule is COc1ccc(C(O)Cc2ccco2)cc1OC. The molecule has 96 valence electrons. The van der Waals surface area contributed by atoms with Crippen LogP contribution in [0.3, 0.4) is 0 Å². The lowest BCUT2D eigenvalue weighted by Crippen LogP contribution is -2.02. The van der Waals surface area contributed by atoms with Gasteiger partial charge in [-0.1, -0.05) is 6.07 Å². The van der Waals surface area contributed by atoms with E-state index in [2.05, 4.69) is 0 Å². The molecule has 1 aromatic carbocycles. The van der Waals surface area contributed by atoms with Crippen molar-refractivity contribution < 1.29 is 19.0 Å². The normalized spacial score (nSPS) is 12.2. The molecule has 0 amide bonds. The smallest absolute Gasteiger partial charge is 0.161 e. The van der Waals surface area contributed by atoms with Gasteiger partial charge in [-0.25, -0.2) is 0 Å². The van der Waals surface area contributed by atoms with Gasteiger partial charge in [0.25, 0.3) is 0 Å². The first-order valence-electron chi connectivity index (χ1n) is 5.67. The second kappa shape index (κ2) is 5.60. The Kier molecular flexibility index (Phi) is 3.89. The number of aliphatic hydroxyl groups excluding tert-OH is 1. The predicted molar refractivity (Wildman–Crippen MR) is 66.9 cm³/mol. The Balaban J connectivity index is 2.17. The molecule has 0 bridgehead atoms. The molecule has 4 heteroatoms. The van der Waals surface area contributed by atoms with Gasteiger partial charge in [-0.2, -0.15) is 0 Å². The van der Waals surface area contributed by atoms with Crippen LogP contribution in [0.4, 0.5) is 0 Å². The highest BCUT2D eigenvalue weighted by Crippen LogP contribution is 2.30. The maximum atomic E-state index is 10.1. The molecule has 0 radical (unpaired) electrons. The van der Waals surface area contributed by atoms with Crippen LogP contribution in [0.1, 0.15) is 17.4 Å². The van der Waals surface area contributed by atoms with Crippen LogP contribution < -0.4 is 9.47 Å². The second-order valence-corrected chi connectivity index (χ2v) is 3.91. The number of rotatable bonds is 5. The van der Waals surface area contributed by atoms with Crippen LogP contribution in [0, 0.1) is 0 Å². The summed E-state index contributed by atoms with van der Waals surface area (Å²) in [6.07, 6.45) is 1.40. The zero-order valence-corrected chi connectivity index (χ0v) is 10.4. The fourth-order valence-electron chi connectivity index (χ4n) is 1.80. The molecule has 0 saturated carbocycles. The average molecular weight is 248 g/mol. The second-order valence-electron chi connectivity index (χ2n) is 3.91. The summed E-state index contributed by atoms with van der Waals surface area (Å²) in [7, 11) is 3.15. The molecule has 0 fully saturated rings. The Bertz CT molecular complexity index is 491. The van der Waals surface area contributed by atoms with E-state index in [1.165, 1.54) is 0 Å². The van der Waals surface area contributed by atoms with E-state index in [-0.39, 0.29) is 0 Å². The minimum Gasteiger partial charge on any atom is -0.493 e. The van der Waals surface area contributed by atoms with Crippen molar-refractivity contribution in [1.29, 1.82) is 0 Å². The molecular weight excluding hydrogens is 232 g/mol. The van der Waals surface area contributed by atoms with Crippen molar-refractivity contribution in [1.82, 2.24) is 0 Å². The lowest BCUT2D eigenvalue weighted by Gasteiger charge is -2.13. The molecular formula is C14H16O4. The minimum absolute atomic E-state index is 0.433. The zero-order valence-electron chi connectivity index (χ0n) is 10.4. The summed E-state index contributed by atoms with van der Waals surface area (Å²) in [5, 5.41) is 10.1. The van der Waals surface area contributed by atoms with Crippen molar-refractivity contribution in [2.75, 3.05) is 14.2 Å². The van der Waals surface area contributed by atoms with Gasteiger partial charge >= 0.3 is 0 Å². The molecule has 18 heavy (non-hydrogen) atoms. The van der Waals surface area contributed by atoms with Crippen molar-refractivity contribution in [3.05, 3.63) is 47.9 Å². The van der Waals surface area contributed by atoms with Crippen LogP contribution in [0.2, 0.25) is 0 Å². The number of aliphatic hydroxyl groups is 1. The van der Waals surface area contributed by atoms with E-state index in [0.29, 0.717) is 17.9 Å². The molecule has 0 aliphatic heterocycles. The van der Waals surface area contributed by atoms with Gasteiger partial charge in [-0.05, 0) is 29.8 Å². The Morgan fingerprint density at radius 3 is 2.56 bits per heavy atom. The molecule has 0 aliphatic rings. The number of benzene rings is 1. The third-order valence-electron chi connectivity index (χ3n) is 2.77. The van der Waals surface area contributed by atoms with Gasteiger partial charge in [0.1, 0.15) is 5.76 Å². The first-order chi connectivity index (χ1) is 8.74. The predicted octanol–water partition coefficient (Wildman–Crippen LogP) is 2.57. The van der Waals surface area contributed by atoms with E-state index >= 15 is 0 Å². The quantitative estimate of drug-likeness (QED) is 0.883. The van der Waals surface area contributed by atoms with Crippen LogP contribution in [0.15, 0.2) is 41.0 Å². The van der Waals surface area contributed by atoms with Crippen molar-refractivity contribution in [3.63, 3.8) is 0 Å². The maximum Gasteiger partial charge on any atom is 0.161 e. The monoisotopic (exact) mass is 248 g/mol. The van der Waals surface area contributed by atoms with Crippen molar-refractivity contribution >= 4 is 0 Å². The van der Waals surface area contributed by atoms with Crippen LogP contribution >= 0.6 is 0 Å². The summed E-state index contributed by atoms with van der Waals surface area (Å²) < 4.78 is 15.6. The standard InChI is InChI=1S/C14H16O4/c1-16-13-6-5-10(8-14(13)17-2)12(15)9-11-4-3-7-18-11/h3-8,12,15H,9H2,1-2H3. The highest BCUT2D eigenvalue weighted by molar-refractivity contribution is 5.43. The highest BCUT2D eigenvalue weighted by atomic mass is 16.5. The van der Waals surface area contributed by atoms with E-state index in [4.69, 9.17) is 13.9 Å². The van der Waals surface area contributed by atoms with Gasteiger partial charge in [0.2, 0.25) is 0 Å². The number of furan rings is 1. The molecule has 0 saturated heterocycles. The largest absolute Gasteiger partial charge is 0.493 e. The summed E-state index contributed by atoms with van der Waals surface area (Å²) in [5.74, 6) is 2.00. The lowest BCUT2D eigenvalue weighted by atomic mass is 10.0. The van der Waals surface area contributed by atoms with Gasteiger partial charge in [-0.3, -0.25) is 0 Å². The Morgan fingerprint density at radius 1 is 1.17 bits per heavy atom. The van der Waals surface area contributed by atoms with Gasteiger partial charge in [-0.15, -0.1) is 0 Å². The molecule has 1 atom stereocenters. The third kappa shape index (κ3) is 2.65. The van der Waals surface area contributed by atoms with Crippen LogP contribution in [0.25, 0.3) is 0 Å². The maximum absolute atomic E-state index is 10.1. The van der Waals surface area contributed by atoms with Crippen molar-refractivity contribution in [2.45, 2.75) is 12.5 Å². The van der Waals surface area contributed by atoms with Crippen LogP contribution in [-0.2, 0) is 6.42 Å². The molecule has 4 nitrogen and oxygen atoms in total. The third-order valence-corrected chi connectivity index (χ3v) is 2.77. The van der Waals surface area contributed by atoms with E-state index in [1.54, 1.807) is 38.7 Å². The van der Waals surface area contributed by atoms with Gasteiger partial charge in [0.15, 0.2) is 11.5 Å². The molecule has 0 aliphatic carbocycles. The van der Waals surface area contributed by atoms with E-state index in [1.807, 2.05) is 12.1 Å². The summed E-state index contributed by atoms with van der Waals surface area (Å²) in [5.41, 5.74) is 0.768. The van der Waals surface area contributed by atoms with Gasteiger partial charge in [0.05, 0.1) is 26.6 Å². The molecule has 1 unspecified atom stereocenters. The summed E-state index contributed by atoms with van der Waals surface area (Å²) in [6, 6.07) is 9.00. The Hall–Kier alpha value is -1.94. The summed E-state index contributed by atoms with van der Waals surface area (Å²) in [6.45, 7) is 0. The molecule has 0 spiro atoms. The molecule has 1 N–H and O–H groups in total. The molecule has 2 rings (SSSR count). The summed E-state index contributed by atoms with van der Waals surface area (Å²) in [4.78, 5) is 0. The molecule has 1 aromatic heterocycles. The molecule has 2 aromatic rings. The topological polar surface area (TPSA) is 51.8 Å². The van der Waals surface area contributed by atoms with Gasteiger partial charge < -0.3 is 19.0 Å². The van der Waals surface area contributed by atoms with Crippen LogP contribution in [0.5, 0.6) is 11.5 Å². The van der Waals surface area contributed by atoms with Crippen molar-refractivity contribution in [3.8, 4) is 11.5 Å².